The zero-order chi connectivity index (χ0) is 11.2. The van der Waals surface area contributed by atoms with Gasteiger partial charge in [-0.1, -0.05) is 35.9 Å². The molecule has 0 nitrogen and oxygen atoms in total. The fourth-order valence-electron chi connectivity index (χ4n) is 1.25. The van der Waals surface area contributed by atoms with Crippen LogP contribution in [0.1, 0.15) is 11.1 Å². The quantitative estimate of drug-likeness (QED) is 0.523. The van der Waals surface area contributed by atoms with Crippen molar-refractivity contribution in [3.05, 3.63) is 69.3 Å². The molecule has 0 atom stereocenters. The van der Waals surface area contributed by atoms with Gasteiger partial charge in [-0.15, -0.1) is 0 Å². The van der Waals surface area contributed by atoms with Gasteiger partial charge in [0.25, 0.3) is 0 Å². The molecule has 0 saturated heterocycles. The van der Waals surface area contributed by atoms with Crippen LogP contribution in [0.2, 0.25) is 0 Å². The Hall–Kier alpha value is -1.27. The van der Waals surface area contributed by atoms with Crippen LogP contribution in [0, 0.1) is 20.3 Å². The van der Waals surface area contributed by atoms with Gasteiger partial charge in [0.2, 0.25) is 3.57 Å². The predicted molar refractivity (Wildman–Crippen MR) is 63.2 cm³/mol. The van der Waals surface area contributed by atoms with E-state index in [1.165, 1.54) is 9.13 Å². The van der Waals surface area contributed by atoms with Crippen LogP contribution in [0.25, 0.3) is 0 Å². The second-order valence-electron chi connectivity index (χ2n) is 3.48. The Bertz CT molecular complexity index is 501. The van der Waals surface area contributed by atoms with E-state index in [1.807, 2.05) is 6.07 Å². The van der Waals surface area contributed by atoms with E-state index in [0.29, 0.717) is 0 Å². The van der Waals surface area contributed by atoms with Gasteiger partial charge in [-0.3, -0.25) is 0 Å². The third-order valence-corrected chi connectivity index (χ3v) is 4.01. The maximum atomic E-state index is 3.30. The Labute approximate surface area is 107 Å². The zero-order valence-corrected chi connectivity index (χ0v) is 11.2. The highest BCUT2D eigenvalue weighted by Crippen LogP contribution is 2.00. The van der Waals surface area contributed by atoms with Crippen LogP contribution in [-0.4, -0.2) is 0 Å². The van der Waals surface area contributed by atoms with E-state index in [2.05, 4.69) is 65.3 Å². The molecule has 0 heterocycles. The summed E-state index contributed by atoms with van der Waals surface area (Å²) in [6.07, 6.45) is 0. The predicted octanol–water partition coefficient (Wildman–Crippen LogP) is 0.263. The molecule has 16 heavy (non-hydrogen) atoms. The third-order valence-electron chi connectivity index (χ3n) is 2.13. The first-order chi connectivity index (χ1) is 7.84. The van der Waals surface area contributed by atoms with Crippen LogP contribution in [0.3, 0.4) is 0 Å². The molecular formula is C15H12I+. The lowest BCUT2D eigenvalue weighted by Gasteiger charge is -1.89. The highest BCUT2D eigenvalue weighted by molar-refractivity contribution is 5.34. The van der Waals surface area contributed by atoms with E-state index in [1.54, 1.807) is 0 Å². The summed E-state index contributed by atoms with van der Waals surface area (Å²) >= 11 is -0.168. The van der Waals surface area contributed by atoms with Crippen LogP contribution in [0.5, 0.6) is 0 Å². The number of rotatable bonds is 1. The molecule has 0 bridgehead atoms. The summed E-state index contributed by atoms with van der Waals surface area (Å²) in [5.41, 5.74) is 2.39. The minimum Gasteiger partial charge on any atom is -0.0619 e. The molecule has 0 amide bonds. The van der Waals surface area contributed by atoms with E-state index in [9.17, 15) is 0 Å². The molecule has 0 aliphatic carbocycles. The summed E-state index contributed by atoms with van der Waals surface area (Å²) in [6, 6.07) is 18.9. The molecule has 0 saturated carbocycles. The Balaban J connectivity index is 2.03. The van der Waals surface area contributed by atoms with Gasteiger partial charge in [0.05, 0.1) is 0 Å². The lowest BCUT2D eigenvalue weighted by molar-refractivity contribution is -0.535. The second kappa shape index (κ2) is 5.72. The first-order valence-electron chi connectivity index (χ1n) is 5.11. The number of halogens is 1. The van der Waals surface area contributed by atoms with Crippen molar-refractivity contribution in [2.24, 2.45) is 0 Å². The fraction of sp³-hybridized carbons (Fsp3) is 0.0667. The van der Waals surface area contributed by atoms with Crippen LogP contribution in [-0.2, 0) is 0 Å². The van der Waals surface area contributed by atoms with Crippen LogP contribution in [0.15, 0.2) is 54.6 Å². The maximum Gasteiger partial charge on any atom is 0.420 e. The Kier molecular flexibility index (Phi) is 4.01. The lowest BCUT2D eigenvalue weighted by atomic mass is 10.2. The topological polar surface area (TPSA) is 0 Å². The minimum atomic E-state index is -0.168. The molecule has 0 aliphatic heterocycles. The molecule has 2 aromatic rings. The summed E-state index contributed by atoms with van der Waals surface area (Å²) in [6.45, 7) is 2.09. The van der Waals surface area contributed by atoms with Crippen molar-refractivity contribution in [3.8, 4) is 9.85 Å². The molecule has 0 radical (unpaired) electrons. The molecule has 2 rings (SSSR count). The van der Waals surface area contributed by atoms with E-state index >= 15 is 0 Å². The standard InChI is InChI=1S/C15H12I/c1-13-7-9-14(10-8-13)11-12-16-15-5-3-2-4-6-15/h2-10H,1H3/q+1. The van der Waals surface area contributed by atoms with E-state index in [4.69, 9.17) is 0 Å². The summed E-state index contributed by atoms with van der Waals surface area (Å²) in [5.74, 6) is 3.22. The van der Waals surface area contributed by atoms with Gasteiger partial charge >= 0.3 is 21.2 Å². The van der Waals surface area contributed by atoms with Crippen molar-refractivity contribution in [2.75, 3.05) is 0 Å². The normalized spacial score (nSPS) is 9.31. The van der Waals surface area contributed by atoms with Gasteiger partial charge < -0.3 is 0 Å². The first kappa shape index (κ1) is 11.2. The van der Waals surface area contributed by atoms with Crippen LogP contribution >= 0.6 is 0 Å². The number of aryl methyl sites for hydroxylation is 1. The van der Waals surface area contributed by atoms with Gasteiger partial charge in [0.1, 0.15) is 0 Å². The Morgan fingerprint density at radius 1 is 0.875 bits per heavy atom. The zero-order valence-electron chi connectivity index (χ0n) is 9.07. The van der Waals surface area contributed by atoms with Crippen molar-refractivity contribution in [1.82, 2.24) is 0 Å². The number of hydrogen-bond acceptors (Lipinski definition) is 0. The Morgan fingerprint density at radius 3 is 2.25 bits per heavy atom. The smallest absolute Gasteiger partial charge is 0.0619 e. The van der Waals surface area contributed by atoms with E-state index in [0.717, 1.165) is 5.56 Å². The SMILES string of the molecule is Cc1ccc(C#C[I+]c2ccccc2)cc1. The fourth-order valence-corrected chi connectivity index (χ4v) is 2.78. The summed E-state index contributed by atoms with van der Waals surface area (Å²) < 4.78 is 4.67. The van der Waals surface area contributed by atoms with Crippen LogP contribution in [0.4, 0.5) is 0 Å². The van der Waals surface area contributed by atoms with Crippen molar-refractivity contribution in [1.29, 1.82) is 0 Å². The van der Waals surface area contributed by atoms with E-state index in [-0.39, 0.29) is 21.2 Å². The monoisotopic (exact) mass is 319 g/mol. The number of benzene rings is 2. The highest BCUT2D eigenvalue weighted by atomic mass is 127. The molecule has 0 N–H and O–H groups in total. The van der Waals surface area contributed by atoms with Gasteiger partial charge in [-0.25, -0.2) is 0 Å². The van der Waals surface area contributed by atoms with Gasteiger partial charge in [-0.05, 0) is 37.1 Å². The molecule has 0 unspecified atom stereocenters. The van der Waals surface area contributed by atoms with Crippen molar-refractivity contribution >= 4 is 0 Å². The van der Waals surface area contributed by atoms with Crippen LogP contribution < -0.4 is 21.2 Å². The first-order valence-corrected chi connectivity index (χ1v) is 7.27. The molecule has 78 valence electrons. The molecule has 2 aromatic carbocycles. The van der Waals surface area contributed by atoms with Gasteiger partial charge in [-0.2, -0.15) is 0 Å². The molecule has 0 aliphatic rings. The molecule has 0 aromatic heterocycles. The lowest BCUT2D eigenvalue weighted by Crippen LogP contribution is -3.59. The molecule has 0 spiro atoms. The average Bonchev–Trinajstić information content (AvgIpc) is 2.33. The van der Waals surface area contributed by atoms with Gasteiger partial charge in [0.15, 0.2) is 3.93 Å². The second-order valence-corrected chi connectivity index (χ2v) is 5.80. The minimum absolute atomic E-state index is 0.168. The summed E-state index contributed by atoms with van der Waals surface area (Å²) in [4.78, 5) is 0. The van der Waals surface area contributed by atoms with Crippen molar-refractivity contribution < 1.29 is 21.2 Å². The van der Waals surface area contributed by atoms with Crippen molar-refractivity contribution in [2.45, 2.75) is 6.92 Å². The third kappa shape index (κ3) is 3.39. The van der Waals surface area contributed by atoms with E-state index < -0.39 is 0 Å². The number of hydrogen-bond donors (Lipinski definition) is 0. The highest BCUT2D eigenvalue weighted by Gasteiger charge is 2.05. The molecule has 0 fully saturated rings. The molecular weight excluding hydrogens is 307 g/mol. The summed E-state index contributed by atoms with van der Waals surface area (Å²) in [7, 11) is 0. The molecule has 1 heteroatoms. The Morgan fingerprint density at radius 2 is 1.56 bits per heavy atom. The van der Waals surface area contributed by atoms with Gasteiger partial charge in [0, 0.05) is 5.56 Å². The maximum absolute atomic E-state index is 3.30. The average molecular weight is 319 g/mol. The van der Waals surface area contributed by atoms with Crippen molar-refractivity contribution in [3.63, 3.8) is 0 Å². The largest absolute Gasteiger partial charge is 0.420 e. The summed E-state index contributed by atoms with van der Waals surface area (Å²) in [5, 5.41) is 0.